The SMILES string of the molecule is C[C@H]1C(=O)N(Cc2ccccc2Cl)CC(=O)N1CC(=O)N1CCNCC1. The standard InChI is InChI=1S/C18H23ClN4O3/c1-13-18(26)22(10-14-4-2-3-5-15(14)19)11-17(25)23(13)12-16(24)21-8-6-20-7-9-21/h2-5,13,20H,6-12H2,1H3/t13-/m0/s1. The summed E-state index contributed by atoms with van der Waals surface area (Å²) in [6.07, 6.45) is 0. The summed E-state index contributed by atoms with van der Waals surface area (Å²) in [6.45, 7) is 4.62. The van der Waals surface area contributed by atoms with Crippen molar-refractivity contribution in [2.45, 2.75) is 19.5 Å². The largest absolute Gasteiger partial charge is 0.339 e. The van der Waals surface area contributed by atoms with Crippen molar-refractivity contribution in [3.8, 4) is 0 Å². The number of amides is 3. The van der Waals surface area contributed by atoms with Crippen molar-refractivity contribution in [1.29, 1.82) is 0 Å². The summed E-state index contributed by atoms with van der Waals surface area (Å²) in [7, 11) is 0. The van der Waals surface area contributed by atoms with Crippen LogP contribution in [0.2, 0.25) is 5.02 Å². The number of benzene rings is 1. The van der Waals surface area contributed by atoms with Crippen molar-refractivity contribution < 1.29 is 14.4 Å². The molecule has 8 heteroatoms. The van der Waals surface area contributed by atoms with E-state index in [0.717, 1.165) is 18.7 Å². The summed E-state index contributed by atoms with van der Waals surface area (Å²) in [5.41, 5.74) is 0.799. The normalized spacial score (nSPS) is 21.3. The van der Waals surface area contributed by atoms with Crippen LogP contribution in [-0.2, 0) is 20.9 Å². The van der Waals surface area contributed by atoms with E-state index in [1.54, 1.807) is 17.9 Å². The number of halogens is 1. The van der Waals surface area contributed by atoms with Gasteiger partial charge in [-0.1, -0.05) is 29.8 Å². The van der Waals surface area contributed by atoms with Gasteiger partial charge in [-0.3, -0.25) is 14.4 Å². The Morgan fingerprint density at radius 1 is 1.23 bits per heavy atom. The van der Waals surface area contributed by atoms with Gasteiger partial charge in [0.2, 0.25) is 17.7 Å². The lowest BCUT2D eigenvalue weighted by molar-refractivity contribution is -0.158. The predicted octanol–water partition coefficient (Wildman–Crippen LogP) is 0.331. The molecule has 0 spiro atoms. The molecule has 2 aliphatic rings. The van der Waals surface area contributed by atoms with Crippen molar-refractivity contribution >= 4 is 29.3 Å². The molecule has 0 bridgehead atoms. The molecule has 1 N–H and O–H groups in total. The lowest BCUT2D eigenvalue weighted by Crippen LogP contribution is -2.61. The second-order valence-corrected chi connectivity index (χ2v) is 7.02. The molecule has 1 atom stereocenters. The summed E-state index contributed by atoms with van der Waals surface area (Å²) in [6, 6.07) is 6.60. The average Bonchev–Trinajstić information content (AvgIpc) is 2.65. The van der Waals surface area contributed by atoms with Gasteiger partial charge < -0.3 is 20.0 Å². The minimum Gasteiger partial charge on any atom is -0.339 e. The number of carbonyl (C=O) groups excluding carboxylic acids is 3. The zero-order valence-corrected chi connectivity index (χ0v) is 15.5. The molecular formula is C18H23ClN4O3. The highest BCUT2D eigenvalue weighted by Gasteiger charge is 2.38. The summed E-state index contributed by atoms with van der Waals surface area (Å²) < 4.78 is 0. The second kappa shape index (κ2) is 8.05. The Labute approximate surface area is 157 Å². The number of piperazine rings is 2. The molecule has 0 aromatic heterocycles. The molecular weight excluding hydrogens is 356 g/mol. The van der Waals surface area contributed by atoms with Crippen LogP contribution < -0.4 is 5.32 Å². The van der Waals surface area contributed by atoms with E-state index in [1.807, 2.05) is 18.2 Å². The molecule has 1 aromatic rings. The fourth-order valence-corrected chi connectivity index (χ4v) is 3.49. The van der Waals surface area contributed by atoms with E-state index in [9.17, 15) is 14.4 Å². The highest BCUT2D eigenvalue weighted by Crippen LogP contribution is 2.20. The maximum absolute atomic E-state index is 12.7. The highest BCUT2D eigenvalue weighted by molar-refractivity contribution is 6.31. The molecule has 2 fully saturated rings. The van der Waals surface area contributed by atoms with Gasteiger partial charge in [-0.05, 0) is 18.6 Å². The molecule has 0 aliphatic carbocycles. The topological polar surface area (TPSA) is 73.0 Å². The van der Waals surface area contributed by atoms with Crippen LogP contribution in [0.25, 0.3) is 0 Å². The van der Waals surface area contributed by atoms with Crippen molar-refractivity contribution in [3.05, 3.63) is 34.9 Å². The van der Waals surface area contributed by atoms with Crippen LogP contribution in [0, 0.1) is 0 Å². The van der Waals surface area contributed by atoms with Gasteiger partial charge in [-0.2, -0.15) is 0 Å². The molecule has 140 valence electrons. The minimum absolute atomic E-state index is 0.0385. The molecule has 0 saturated carbocycles. The molecule has 2 aliphatic heterocycles. The van der Waals surface area contributed by atoms with Gasteiger partial charge in [0, 0.05) is 37.7 Å². The molecule has 26 heavy (non-hydrogen) atoms. The third-order valence-electron chi connectivity index (χ3n) is 4.88. The van der Waals surface area contributed by atoms with Crippen LogP contribution in [0.15, 0.2) is 24.3 Å². The van der Waals surface area contributed by atoms with Gasteiger partial charge in [0.1, 0.15) is 19.1 Å². The zero-order valence-electron chi connectivity index (χ0n) is 14.8. The Morgan fingerprint density at radius 2 is 1.92 bits per heavy atom. The van der Waals surface area contributed by atoms with Gasteiger partial charge in [0.25, 0.3) is 0 Å². The van der Waals surface area contributed by atoms with Crippen molar-refractivity contribution in [2.75, 3.05) is 39.3 Å². The first kappa shape index (κ1) is 18.7. The minimum atomic E-state index is -0.661. The van der Waals surface area contributed by atoms with E-state index in [0.29, 0.717) is 18.1 Å². The maximum Gasteiger partial charge on any atom is 0.245 e. The third-order valence-corrected chi connectivity index (χ3v) is 5.25. The van der Waals surface area contributed by atoms with Gasteiger partial charge in [-0.25, -0.2) is 0 Å². The second-order valence-electron chi connectivity index (χ2n) is 6.61. The van der Waals surface area contributed by atoms with E-state index >= 15 is 0 Å². The average molecular weight is 379 g/mol. The van der Waals surface area contributed by atoms with E-state index < -0.39 is 6.04 Å². The first-order chi connectivity index (χ1) is 12.5. The quantitative estimate of drug-likeness (QED) is 0.819. The van der Waals surface area contributed by atoms with Crippen LogP contribution >= 0.6 is 11.6 Å². The number of carbonyl (C=O) groups is 3. The number of nitrogens with one attached hydrogen (secondary N) is 1. The van der Waals surface area contributed by atoms with Crippen LogP contribution in [-0.4, -0.2) is 77.7 Å². The van der Waals surface area contributed by atoms with Gasteiger partial charge in [-0.15, -0.1) is 0 Å². The van der Waals surface area contributed by atoms with Crippen LogP contribution in [0.4, 0.5) is 0 Å². The lowest BCUT2D eigenvalue weighted by Gasteiger charge is -2.39. The highest BCUT2D eigenvalue weighted by atomic mass is 35.5. The molecule has 0 radical (unpaired) electrons. The zero-order chi connectivity index (χ0) is 18.7. The molecule has 3 rings (SSSR count). The number of hydrogen-bond donors (Lipinski definition) is 1. The summed E-state index contributed by atoms with van der Waals surface area (Å²) in [5.74, 6) is -0.496. The van der Waals surface area contributed by atoms with Gasteiger partial charge in [0.05, 0.1) is 0 Å². The van der Waals surface area contributed by atoms with E-state index in [1.165, 1.54) is 9.80 Å². The van der Waals surface area contributed by atoms with Gasteiger partial charge >= 0.3 is 0 Å². The van der Waals surface area contributed by atoms with Crippen LogP contribution in [0.3, 0.4) is 0 Å². The fraction of sp³-hybridized carbons (Fsp3) is 0.500. The molecule has 3 amide bonds. The Hall–Kier alpha value is -2.12. The maximum atomic E-state index is 12.7. The fourth-order valence-electron chi connectivity index (χ4n) is 3.30. The lowest BCUT2D eigenvalue weighted by atomic mass is 10.1. The Bertz CT molecular complexity index is 705. The Balaban J connectivity index is 1.65. The molecule has 1 aromatic carbocycles. The smallest absolute Gasteiger partial charge is 0.245 e. The first-order valence-electron chi connectivity index (χ1n) is 8.77. The Morgan fingerprint density at radius 3 is 2.62 bits per heavy atom. The summed E-state index contributed by atoms with van der Waals surface area (Å²) >= 11 is 6.16. The molecule has 0 unspecified atom stereocenters. The summed E-state index contributed by atoms with van der Waals surface area (Å²) in [5, 5.41) is 3.75. The van der Waals surface area contributed by atoms with Crippen LogP contribution in [0.1, 0.15) is 12.5 Å². The summed E-state index contributed by atoms with van der Waals surface area (Å²) in [4.78, 5) is 42.3. The van der Waals surface area contributed by atoms with Crippen LogP contribution in [0.5, 0.6) is 0 Å². The Kier molecular flexibility index (Phi) is 5.78. The number of nitrogens with zero attached hydrogens (tertiary/aromatic N) is 3. The van der Waals surface area contributed by atoms with Crippen molar-refractivity contribution in [1.82, 2.24) is 20.0 Å². The first-order valence-corrected chi connectivity index (χ1v) is 9.15. The van der Waals surface area contributed by atoms with E-state index in [4.69, 9.17) is 11.6 Å². The molecule has 2 saturated heterocycles. The molecule has 7 nitrogen and oxygen atoms in total. The predicted molar refractivity (Wildman–Crippen MR) is 97.5 cm³/mol. The van der Waals surface area contributed by atoms with Crippen molar-refractivity contribution in [3.63, 3.8) is 0 Å². The van der Waals surface area contributed by atoms with Gasteiger partial charge in [0.15, 0.2) is 0 Å². The van der Waals surface area contributed by atoms with E-state index in [2.05, 4.69) is 5.32 Å². The molecule has 2 heterocycles. The van der Waals surface area contributed by atoms with E-state index in [-0.39, 0.29) is 37.4 Å². The monoisotopic (exact) mass is 378 g/mol. The number of rotatable bonds is 4. The third kappa shape index (κ3) is 3.99. The van der Waals surface area contributed by atoms with Crippen molar-refractivity contribution in [2.24, 2.45) is 0 Å². The number of hydrogen-bond acceptors (Lipinski definition) is 4.